The number of carbonyl (C=O) groups is 1. The van der Waals surface area contributed by atoms with Crippen LogP contribution in [0.5, 0.6) is 0 Å². The molecule has 1 aromatic carbocycles. The Morgan fingerprint density at radius 2 is 1.96 bits per heavy atom. The topological polar surface area (TPSA) is 66.5 Å². The van der Waals surface area contributed by atoms with E-state index in [9.17, 15) is 13.2 Å². The van der Waals surface area contributed by atoms with Crippen LogP contribution in [0, 0.1) is 0 Å². The third-order valence-corrected chi connectivity index (χ3v) is 6.61. The van der Waals surface area contributed by atoms with Crippen LogP contribution in [0.15, 0.2) is 23.1 Å². The van der Waals surface area contributed by atoms with Crippen molar-refractivity contribution in [3.8, 4) is 0 Å². The minimum absolute atomic E-state index is 0.0156. The van der Waals surface area contributed by atoms with E-state index >= 15 is 0 Å². The standard InChI is InChI=1S/C17H25ClN2O3S/c1-3-7-13(2)19-17(21)14-8-9-15(18)16(12-14)24(22,23)20-10-5-4-6-11-20/h8-9,12-13H,3-7,10-11H2,1-2H3,(H,19,21)/t13-/m1/s1. The van der Waals surface area contributed by atoms with Gasteiger partial charge in [-0.1, -0.05) is 31.4 Å². The van der Waals surface area contributed by atoms with Crippen LogP contribution >= 0.6 is 11.6 Å². The molecule has 5 nitrogen and oxygen atoms in total. The lowest BCUT2D eigenvalue weighted by Gasteiger charge is -2.26. The minimum atomic E-state index is -3.67. The third kappa shape index (κ3) is 4.49. The molecule has 1 atom stereocenters. The van der Waals surface area contributed by atoms with E-state index in [0.717, 1.165) is 32.1 Å². The van der Waals surface area contributed by atoms with Gasteiger partial charge in [0.1, 0.15) is 4.90 Å². The smallest absolute Gasteiger partial charge is 0.251 e. The Bertz CT molecular complexity index is 685. The molecule has 7 heteroatoms. The number of nitrogens with one attached hydrogen (secondary N) is 1. The second kappa shape index (κ2) is 8.32. The van der Waals surface area contributed by atoms with Gasteiger partial charge in [-0.05, 0) is 44.4 Å². The number of benzene rings is 1. The van der Waals surface area contributed by atoms with Gasteiger partial charge < -0.3 is 5.32 Å². The van der Waals surface area contributed by atoms with Gasteiger partial charge in [0.25, 0.3) is 5.91 Å². The molecule has 0 unspecified atom stereocenters. The molecule has 0 saturated carbocycles. The summed E-state index contributed by atoms with van der Waals surface area (Å²) in [5, 5.41) is 3.04. The Morgan fingerprint density at radius 1 is 1.29 bits per heavy atom. The Morgan fingerprint density at radius 3 is 2.58 bits per heavy atom. The summed E-state index contributed by atoms with van der Waals surface area (Å²) in [6.07, 6.45) is 4.59. The number of carbonyl (C=O) groups excluding carboxylic acids is 1. The second-order valence-corrected chi connectivity index (χ2v) is 8.59. The van der Waals surface area contributed by atoms with Gasteiger partial charge in [-0.2, -0.15) is 4.31 Å². The normalized spacial score (nSPS) is 17.5. The number of rotatable bonds is 6. The van der Waals surface area contributed by atoms with Gasteiger partial charge in [-0.25, -0.2) is 8.42 Å². The molecule has 2 rings (SSSR count). The fraction of sp³-hybridized carbons (Fsp3) is 0.588. The summed E-state index contributed by atoms with van der Waals surface area (Å²) in [5.74, 6) is -0.275. The number of halogens is 1. The first-order valence-corrected chi connectivity index (χ1v) is 10.3. The van der Waals surface area contributed by atoms with Crippen molar-refractivity contribution >= 4 is 27.5 Å². The van der Waals surface area contributed by atoms with Gasteiger partial charge in [-0.3, -0.25) is 4.79 Å². The van der Waals surface area contributed by atoms with Gasteiger partial charge >= 0.3 is 0 Å². The maximum Gasteiger partial charge on any atom is 0.251 e. The van der Waals surface area contributed by atoms with E-state index < -0.39 is 10.0 Å². The molecule has 0 bridgehead atoms. The molecule has 1 fully saturated rings. The van der Waals surface area contributed by atoms with Crippen LogP contribution in [0.3, 0.4) is 0 Å². The molecule has 134 valence electrons. The molecule has 1 aromatic rings. The maximum absolute atomic E-state index is 12.8. The van der Waals surface area contributed by atoms with Crippen LogP contribution in [0.1, 0.15) is 56.3 Å². The number of sulfonamides is 1. The fourth-order valence-corrected chi connectivity index (χ4v) is 4.92. The van der Waals surface area contributed by atoms with Crippen molar-refractivity contribution < 1.29 is 13.2 Å². The lowest BCUT2D eigenvalue weighted by molar-refractivity contribution is 0.0938. The highest BCUT2D eigenvalue weighted by Gasteiger charge is 2.28. The number of hydrogen-bond acceptors (Lipinski definition) is 3. The first-order valence-electron chi connectivity index (χ1n) is 8.47. The Labute approximate surface area is 149 Å². The predicted octanol–water partition coefficient (Wildman–Crippen LogP) is 3.43. The first-order chi connectivity index (χ1) is 11.4. The molecule has 1 aliphatic heterocycles. The lowest BCUT2D eigenvalue weighted by atomic mass is 10.1. The van der Waals surface area contributed by atoms with Crippen molar-refractivity contribution in [1.82, 2.24) is 9.62 Å². The highest BCUT2D eigenvalue weighted by molar-refractivity contribution is 7.89. The number of amides is 1. The van der Waals surface area contributed by atoms with E-state index in [2.05, 4.69) is 5.32 Å². The van der Waals surface area contributed by atoms with Crippen molar-refractivity contribution in [3.05, 3.63) is 28.8 Å². The summed E-state index contributed by atoms with van der Waals surface area (Å²) in [6.45, 7) is 4.99. The average molecular weight is 373 g/mol. The molecule has 0 spiro atoms. The molecule has 1 aliphatic rings. The summed E-state index contributed by atoms with van der Waals surface area (Å²) in [6, 6.07) is 4.48. The highest BCUT2D eigenvalue weighted by Crippen LogP contribution is 2.27. The van der Waals surface area contributed by atoms with Crippen molar-refractivity contribution in [3.63, 3.8) is 0 Å². The summed E-state index contributed by atoms with van der Waals surface area (Å²) in [4.78, 5) is 12.3. The number of nitrogens with zero attached hydrogens (tertiary/aromatic N) is 1. The zero-order valence-corrected chi connectivity index (χ0v) is 15.8. The van der Waals surface area contributed by atoms with E-state index in [1.54, 1.807) is 6.07 Å². The summed E-state index contributed by atoms with van der Waals surface area (Å²) in [7, 11) is -3.67. The van der Waals surface area contributed by atoms with Gasteiger partial charge in [0.2, 0.25) is 10.0 Å². The average Bonchev–Trinajstić information content (AvgIpc) is 2.56. The molecule has 0 aliphatic carbocycles. The molecule has 1 heterocycles. The molecule has 1 N–H and O–H groups in total. The van der Waals surface area contributed by atoms with Crippen molar-refractivity contribution in [2.45, 2.75) is 56.9 Å². The van der Waals surface area contributed by atoms with Gasteiger partial charge in [0.15, 0.2) is 0 Å². The minimum Gasteiger partial charge on any atom is -0.350 e. The van der Waals surface area contributed by atoms with Gasteiger partial charge in [0, 0.05) is 24.7 Å². The third-order valence-electron chi connectivity index (χ3n) is 4.23. The molecule has 1 saturated heterocycles. The van der Waals surface area contributed by atoms with Crippen molar-refractivity contribution in [2.75, 3.05) is 13.1 Å². The summed E-state index contributed by atoms with van der Waals surface area (Å²) in [5.41, 5.74) is 0.318. The zero-order chi connectivity index (χ0) is 17.7. The quantitative estimate of drug-likeness (QED) is 0.831. The van der Waals surface area contributed by atoms with E-state index in [1.807, 2.05) is 13.8 Å². The van der Waals surface area contributed by atoms with Crippen LogP contribution in [0.2, 0.25) is 5.02 Å². The van der Waals surface area contributed by atoms with Crippen LogP contribution < -0.4 is 5.32 Å². The van der Waals surface area contributed by atoms with Crippen LogP contribution in [0.25, 0.3) is 0 Å². The van der Waals surface area contributed by atoms with E-state index in [-0.39, 0.29) is 21.9 Å². The van der Waals surface area contributed by atoms with Crippen molar-refractivity contribution in [1.29, 1.82) is 0 Å². The molecule has 1 amide bonds. The molecule has 0 radical (unpaired) electrons. The molecule has 24 heavy (non-hydrogen) atoms. The Balaban J connectivity index is 2.26. The van der Waals surface area contributed by atoms with Crippen molar-refractivity contribution in [2.24, 2.45) is 0 Å². The number of hydrogen-bond donors (Lipinski definition) is 1. The van der Waals surface area contributed by atoms with E-state index in [4.69, 9.17) is 11.6 Å². The summed E-state index contributed by atoms with van der Waals surface area (Å²) < 4.78 is 27.1. The maximum atomic E-state index is 12.8. The number of piperidine rings is 1. The molecule has 0 aromatic heterocycles. The Hall–Kier alpha value is -1.11. The molecular weight excluding hydrogens is 348 g/mol. The second-order valence-electron chi connectivity index (χ2n) is 6.27. The van der Waals surface area contributed by atoms with Crippen LogP contribution in [-0.2, 0) is 10.0 Å². The lowest BCUT2D eigenvalue weighted by Crippen LogP contribution is -2.36. The molecular formula is C17H25ClN2O3S. The fourth-order valence-electron chi connectivity index (χ4n) is 2.90. The van der Waals surface area contributed by atoms with Crippen LogP contribution in [0.4, 0.5) is 0 Å². The van der Waals surface area contributed by atoms with E-state index in [1.165, 1.54) is 16.4 Å². The van der Waals surface area contributed by atoms with E-state index in [0.29, 0.717) is 18.7 Å². The largest absolute Gasteiger partial charge is 0.350 e. The van der Waals surface area contributed by atoms with Gasteiger partial charge in [0.05, 0.1) is 5.02 Å². The first kappa shape index (κ1) is 19.2. The SMILES string of the molecule is CCC[C@@H](C)NC(=O)c1ccc(Cl)c(S(=O)(=O)N2CCCCC2)c1. The zero-order valence-electron chi connectivity index (χ0n) is 14.2. The monoisotopic (exact) mass is 372 g/mol. The van der Waals surface area contributed by atoms with Crippen LogP contribution in [-0.4, -0.2) is 37.8 Å². The highest BCUT2D eigenvalue weighted by atomic mass is 35.5. The summed E-state index contributed by atoms with van der Waals surface area (Å²) >= 11 is 6.12. The predicted molar refractivity (Wildman–Crippen MR) is 95.9 cm³/mol. The van der Waals surface area contributed by atoms with Gasteiger partial charge in [-0.15, -0.1) is 0 Å². The Kier molecular flexibility index (Phi) is 6.66.